The van der Waals surface area contributed by atoms with Crippen LogP contribution >= 0.6 is 0 Å². The summed E-state index contributed by atoms with van der Waals surface area (Å²) in [5.41, 5.74) is 2.48. The highest BCUT2D eigenvalue weighted by Crippen LogP contribution is 2.24. The van der Waals surface area contributed by atoms with Gasteiger partial charge >= 0.3 is 0 Å². The van der Waals surface area contributed by atoms with Crippen LogP contribution < -0.4 is 4.90 Å². The highest BCUT2D eigenvalue weighted by molar-refractivity contribution is 5.94. The molecule has 0 aliphatic carbocycles. The van der Waals surface area contributed by atoms with Crippen molar-refractivity contribution in [1.82, 2.24) is 25.0 Å². The lowest BCUT2D eigenvalue weighted by Crippen LogP contribution is -2.53. The van der Waals surface area contributed by atoms with Gasteiger partial charge in [0, 0.05) is 57.2 Å². The second-order valence-corrected chi connectivity index (χ2v) is 8.76. The Kier molecular flexibility index (Phi) is 6.24. The number of likely N-dealkylation sites (tertiary alicyclic amines) is 1. The lowest BCUT2D eigenvalue weighted by Gasteiger charge is -2.39. The first-order valence-electron chi connectivity index (χ1n) is 11.6. The number of halogens is 1. The second-order valence-electron chi connectivity index (χ2n) is 8.76. The number of anilines is 1. The summed E-state index contributed by atoms with van der Waals surface area (Å²) in [5, 5.41) is 7.08. The zero-order valence-corrected chi connectivity index (χ0v) is 18.9. The van der Waals surface area contributed by atoms with E-state index in [1.165, 1.54) is 6.07 Å². The number of piperazine rings is 1. The average Bonchev–Trinajstić information content (AvgIpc) is 3.39. The van der Waals surface area contributed by atoms with Gasteiger partial charge in [0.2, 0.25) is 5.91 Å². The lowest BCUT2D eigenvalue weighted by molar-refractivity contribution is -0.137. The zero-order valence-electron chi connectivity index (χ0n) is 18.9. The van der Waals surface area contributed by atoms with Crippen molar-refractivity contribution in [1.29, 1.82) is 0 Å². The molecule has 3 aromatic rings. The molecule has 0 saturated carbocycles. The van der Waals surface area contributed by atoms with Gasteiger partial charge in [0.05, 0.1) is 17.3 Å². The standard InChI is InChI=1S/C25H27FN6O2/c26-20-7-1-2-8-23(20)30-11-13-31(14-12-30)24(33)19-6-4-10-32(17-19)25(34)22-15-21(28-29-22)18-5-3-9-27-16-18/h1-3,5,7-9,15-16,19H,4,6,10-14,17H2,(H,28,29)/t19-/m1/s1. The monoisotopic (exact) mass is 462 g/mol. The number of hydrogen-bond acceptors (Lipinski definition) is 5. The van der Waals surface area contributed by atoms with E-state index in [1.807, 2.05) is 28.0 Å². The zero-order chi connectivity index (χ0) is 23.5. The molecule has 0 bridgehead atoms. The fourth-order valence-corrected chi connectivity index (χ4v) is 4.76. The first-order valence-corrected chi connectivity index (χ1v) is 11.6. The van der Waals surface area contributed by atoms with Crippen molar-refractivity contribution in [3.63, 3.8) is 0 Å². The van der Waals surface area contributed by atoms with Crippen LogP contribution in [0, 0.1) is 11.7 Å². The Morgan fingerprint density at radius 2 is 1.82 bits per heavy atom. The molecule has 1 N–H and O–H groups in total. The molecule has 2 saturated heterocycles. The number of carbonyl (C=O) groups excluding carboxylic acids is 2. The quantitative estimate of drug-likeness (QED) is 0.645. The highest BCUT2D eigenvalue weighted by atomic mass is 19.1. The number of hydrogen-bond donors (Lipinski definition) is 1. The number of pyridine rings is 1. The van der Waals surface area contributed by atoms with Gasteiger partial charge in [-0.15, -0.1) is 0 Å². The van der Waals surface area contributed by atoms with Gasteiger partial charge in [-0.3, -0.25) is 19.7 Å². The number of aromatic nitrogens is 3. The average molecular weight is 463 g/mol. The number of para-hydroxylation sites is 1. The van der Waals surface area contributed by atoms with Crippen molar-refractivity contribution in [3.8, 4) is 11.3 Å². The van der Waals surface area contributed by atoms with Crippen LogP contribution in [-0.2, 0) is 4.79 Å². The normalized spacial score (nSPS) is 18.7. The SMILES string of the molecule is O=C(c1cc(-c2cccnc2)n[nH]1)N1CCC[C@@H](C(=O)N2CCN(c3ccccc3F)CC2)C1. The van der Waals surface area contributed by atoms with E-state index in [4.69, 9.17) is 0 Å². The van der Waals surface area contributed by atoms with E-state index in [-0.39, 0.29) is 23.5 Å². The van der Waals surface area contributed by atoms with E-state index < -0.39 is 0 Å². The van der Waals surface area contributed by atoms with Gasteiger partial charge in [0.1, 0.15) is 11.5 Å². The molecule has 2 fully saturated rings. The van der Waals surface area contributed by atoms with E-state index >= 15 is 0 Å². The third-order valence-corrected chi connectivity index (χ3v) is 6.61. The second kappa shape index (κ2) is 9.62. The van der Waals surface area contributed by atoms with Gasteiger partial charge in [0.25, 0.3) is 5.91 Å². The molecule has 0 spiro atoms. The van der Waals surface area contributed by atoms with E-state index in [2.05, 4.69) is 15.2 Å². The Morgan fingerprint density at radius 3 is 2.59 bits per heavy atom. The summed E-state index contributed by atoms with van der Waals surface area (Å²) >= 11 is 0. The van der Waals surface area contributed by atoms with Crippen LogP contribution in [0.15, 0.2) is 54.9 Å². The molecule has 176 valence electrons. The smallest absolute Gasteiger partial charge is 0.271 e. The van der Waals surface area contributed by atoms with Gasteiger partial charge in [-0.1, -0.05) is 12.1 Å². The molecule has 0 radical (unpaired) electrons. The maximum atomic E-state index is 14.1. The summed E-state index contributed by atoms with van der Waals surface area (Å²) in [6.45, 7) is 3.29. The van der Waals surface area contributed by atoms with Gasteiger partial charge < -0.3 is 14.7 Å². The molecule has 9 heteroatoms. The van der Waals surface area contributed by atoms with Crippen molar-refractivity contribution >= 4 is 17.5 Å². The van der Waals surface area contributed by atoms with Gasteiger partial charge in [-0.05, 0) is 43.2 Å². The summed E-state index contributed by atoms with van der Waals surface area (Å²) in [5.74, 6) is -0.538. The number of piperidine rings is 1. The summed E-state index contributed by atoms with van der Waals surface area (Å²) in [6, 6.07) is 12.2. The topological polar surface area (TPSA) is 85.4 Å². The minimum atomic E-state index is -0.241. The number of rotatable bonds is 4. The van der Waals surface area contributed by atoms with Crippen molar-refractivity contribution in [2.75, 3.05) is 44.2 Å². The Balaban J connectivity index is 1.19. The van der Waals surface area contributed by atoms with Crippen molar-refractivity contribution < 1.29 is 14.0 Å². The minimum absolute atomic E-state index is 0.0753. The van der Waals surface area contributed by atoms with E-state index in [0.717, 1.165) is 18.4 Å². The minimum Gasteiger partial charge on any atom is -0.366 e. The van der Waals surface area contributed by atoms with Crippen LogP contribution in [0.25, 0.3) is 11.3 Å². The maximum absolute atomic E-state index is 14.1. The molecule has 2 aromatic heterocycles. The predicted octanol–water partition coefficient (Wildman–Crippen LogP) is 2.81. The van der Waals surface area contributed by atoms with Crippen LogP contribution in [-0.4, -0.2) is 76.1 Å². The van der Waals surface area contributed by atoms with Crippen molar-refractivity contribution in [3.05, 3.63) is 66.4 Å². The molecular formula is C25H27FN6O2. The number of aromatic amines is 1. The summed E-state index contributed by atoms with van der Waals surface area (Å²) in [4.78, 5) is 36.0. The van der Waals surface area contributed by atoms with Gasteiger partial charge in [-0.25, -0.2) is 4.39 Å². The Hall–Kier alpha value is -3.75. The fourth-order valence-electron chi connectivity index (χ4n) is 4.76. The number of carbonyl (C=O) groups is 2. The summed E-state index contributed by atoms with van der Waals surface area (Å²) in [6.07, 6.45) is 4.93. The predicted molar refractivity (Wildman–Crippen MR) is 126 cm³/mol. The first kappa shape index (κ1) is 22.1. The van der Waals surface area contributed by atoms with Gasteiger partial charge in [-0.2, -0.15) is 5.10 Å². The molecule has 2 aliphatic rings. The van der Waals surface area contributed by atoms with Crippen molar-refractivity contribution in [2.24, 2.45) is 5.92 Å². The molecule has 8 nitrogen and oxygen atoms in total. The number of amides is 2. The maximum Gasteiger partial charge on any atom is 0.271 e. The highest BCUT2D eigenvalue weighted by Gasteiger charge is 2.33. The largest absolute Gasteiger partial charge is 0.366 e. The fraction of sp³-hybridized carbons (Fsp3) is 0.360. The van der Waals surface area contributed by atoms with Crippen LogP contribution in [0.2, 0.25) is 0 Å². The van der Waals surface area contributed by atoms with E-state index in [0.29, 0.717) is 56.3 Å². The van der Waals surface area contributed by atoms with Gasteiger partial charge in [0.15, 0.2) is 0 Å². The lowest BCUT2D eigenvalue weighted by atomic mass is 9.95. The molecule has 0 unspecified atom stereocenters. The van der Waals surface area contributed by atoms with Crippen LogP contribution in [0.1, 0.15) is 23.3 Å². The summed E-state index contributed by atoms with van der Waals surface area (Å²) in [7, 11) is 0. The third kappa shape index (κ3) is 4.50. The first-order chi connectivity index (χ1) is 16.6. The van der Waals surface area contributed by atoms with E-state index in [1.54, 1.807) is 35.5 Å². The number of H-pyrrole nitrogens is 1. The van der Waals surface area contributed by atoms with E-state index in [9.17, 15) is 14.0 Å². The van der Waals surface area contributed by atoms with Crippen LogP contribution in [0.5, 0.6) is 0 Å². The molecule has 5 rings (SSSR count). The Morgan fingerprint density at radius 1 is 1.00 bits per heavy atom. The Labute approximate surface area is 197 Å². The number of benzene rings is 1. The van der Waals surface area contributed by atoms with Crippen LogP contribution in [0.3, 0.4) is 0 Å². The molecule has 1 aromatic carbocycles. The number of nitrogens with one attached hydrogen (secondary N) is 1. The Bertz CT molecular complexity index is 1160. The molecular weight excluding hydrogens is 435 g/mol. The molecule has 1 atom stereocenters. The third-order valence-electron chi connectivity index (χ3n) is 6.61. The molecule has 2 aliphatic heterocycles. The molecule has 2 amide bonds. The molecule has 34 heavy (non-hydrogen) atoms. The van der Waals surface area contributed by atoms with Crippen molar-refractivity contribution in [2.45, 2.75) is 12.8 Å². The van der Waals surface area contributed by atoms with Crippen LogP contribution in [0.4, 0.5) is 10.1 Å². The summed E-state index contributed by atoms with van der Waals surface area (Å²) < 4.78 is 14.1. The number of nitrogens with zero attached hydrogens (tertiary/aromatic N) is 5. The molecule has 4 heterocycles.